The third-order valence-electron chi connectivity index (χ3n) is 3.27. The number of carbonyl (C=O) groups is 1. The van der Waals surface area contributed by atoms with Crippen LogP contribution in [0.25, 0.3) is 0 Å². The van der Waals surface area contributed by atoms with Crippen molar-refractivity contribution in [3.63, 3.8) is 0 Å². The van der Waals surface area contributed by atoms with Crippen LogP contribution in [0.3, 0.4) is 0 Å². The van der Waals surface area contributed by atoms with Crippen molar-refractivity contribution in [2.45, 2.75) is 44.1 Å². The Morgan fingerprint density at radius 1 is 1.56 bits per heavy atom. The van der Waals surface area contributed by atoms with E-state index in [4.69, 9.17) is 0 Å². The Bertz CT molecular complexity index is 472. The predicted molar refractivity (Wildman–Crippen MR) is 75.3 cm³/mol. The number of rotatable bonds is 4. The van der Waals surface area contributed by atoms with Crippen LogP contribution in [0.15, 0.2) is 15.9 Å². The molecule has 1 N–H and O–H groups in total. The Balaban J connectivity index is 1.83. The Hall–Kier alpha value is -0.860. The number of thiophene rings is 1. The molecule has 0 bridgehead atoms. The first kappa shape index (κ1) is 13.6. The van der Waals surface area contributed by atoms with Crippen molar-refractivity contribution in [3.8, 4) is 6.07 Å². The third-order valence-corrected chi connectivity index (χ3v) is 5.03. The molecule has 0 radical (unpaired) electrons. The van der Waals surface area contributed by atoms with Crippen molar-refractivity contribution in [2.75, 3.05) is 0 Å². The second kappa shape index (κ2) is 5.85. The van der Waals surface area contributed by atoms with Crippen LogP contribution >= 0.6 is 27.3 Å². The van der Waals surface area contributed by atoms with E-state index in [1.54, 1.807) is 11.3 Å². The van der Waals surface area contributed by atoms with Gasteiger partial charge in [0.15, 0.2) is 0 Å². The number of halogens is 1. The molecule has 0 aromatic carbocycles. The first-order valence-electron chi connectivity index (χ1n) is 6.09. The average Bonchev–Trinajstić information content (AvgIpc) is 2.97. The molecular formula is C13H15BrN2OS. The number of hydrogen-bond acceptors (Lipinski definition) is 3. The van der Waals surface area contributed by atoms with Gasteiger partial charge in [0.1, 0.15) is 5.54 Å². The van der Waals surface area contributed by atoms with Gasteiger partial charge >= 0.3 is 0 Å². The lowest BCUT2D eigenvalue weighted by molar-refractivity contribution is -0.122. The Kier molecular flexibility index (Phi) is 4.41. The van der Waals surface area contributed by atoms with Gasteiger partial charge in [0, 0.05) is 21.2 Å². The van der Waals surface area contributed by atoms with Crippen molar-refractivity contribution >= 4 is 33.2 Å². The van der Waals surface area contributed by atoms with E-state index in [-0.39, 0.29) is 5.91 Å². The lowest BCUT2D eigenvalue weighted by Crippen LogP contribution is -2.45. The van der Waals surface area contributed by atoms with E-state index in [2.05, 4.69) is 27.3 Å². The predicted octanol–water partition coefficient (Wildman–Crippen LogP) is 3.40. The van der Waals surface area contributed by atoms with Crippen LogP contribution in [-0.4, -0.2) is 11.4 Å². The number of nitriles is 1. The molecule has 1 saturated carbocycles. The van der Waals surface area contributed by atoms with Gasteiger partial charge in [-0.05, 0) is 54.1 Å². The molecule has 1 aromatic heterocycles. The SMILES string of the molecule is N#CC1(NC(=O)CCc2cc(Br)cs2)CCCC1. The molecule has 0 aliphatic heterocycles. The van der Waals surface area contributed by atoms with E-state index < -0.39 is 5.54 Å². The molecule has 0 saturated heterocycles. The Morgan fingerprint density at radius 3 is 2.83 bits per heavy atom. The van der Waals surface area contributed by atoms with E-state index in [0.29, 0.717) is 6.42 Å². The van der Waals surface area contributed by atoms with Gasteiger partial charge < -0.3 is 5.32 Å². The summed E-state index contributed by atoms with van der Waals surface area (Å²) in [4.78, 5) is 13.1. The minimum Gasteiger partial charge on any atom is -0.338 e. The standard InChI is InChI=1S/C13H15BrN2OS/c14-10-7-11(18-8-10)3-4-12(17)16-13(9-15)5-1-2-6-13/h7-8H,1-6H2,(H,16,17). The maximum atomic E-state index is 11.9. The summed E-state index contributed by atoms with van der Waals surface area (Å²) in [5.74, 6) is -0.0111. The summed E-state index contributed by atoms with van der Waals surface area (Å²) in [5, 5.41) is 14.1. The fourth-order valence-electron chi connectivity index (χ4n) is 2.29. The molecule has 1 aliphatic carbocycles. The molecular weight excluding hydrogens is 312 g/mol. The van der Waals surface area contributed by atoms with Crippen LogP contribution in [0.2, 0.25) is 0 Å². The smallest absolute Gasteiger partial charge is 0.221 e. The Labute approximate surface area is 119 Å². The molecule has 0 unspecified atom stereocenters. The summed E-state index contributed by atoms with van der Waals surface area (Å²) in [6, 6.07) is 4.31. The molecule has 1 aromatic rings. The lowest BCUT2D eigenvalue weighted by Gasteiger charge is -2.21. The van der Waals surface area contributed by atoms with Crippen LogP contribution in [0.5, 0.6) is 0 Å². The summed E-state index contributed by atoms with van der Waals surface area (Å²) in [6.07, 6.45) is 4.84. The number of nitrogens with zero attached hydrogens (tertiary/aromatic N) is 1. The van der Waals surface area contributed by atoms with Crippen LogP contribution in [0, 0.1) is 11.3 Å². The maximum absolute atomic E-state index is 11.9. The fourth-order valence-corrected chi connectivity index (χ4v) is 3.75. The zero-order chi connectivity index (χ0) is 13.0. The number of hydrogen-bond donors (Lipinski definition) is 1. The first-order chi connectivity index (χ1) is 8.63. The van der Waals surface area contributed by atoms with Gasteiger partial charge in [-0.25, -0.2) is 0 Å². The van der Waals surface area contributed by atoms with Crippen LogP contribution in [0.1, 0.15) is 37.0 Å². The van der Waals surface area contributed by atoms with Gasteiger partial charge in [0.05, 0.1) is 6.07 Å². The summed E-state index contributed by atoms with van der Waals surface area (Å²) in [5.41, 5.74) is -0.590. The van der Waals surface area contributed by atoms with Gasteiger partial charge in [-0.3, -0.25) is 4.79 Å². The second-order valence-corrected chi connectivity index (χ2v) is 6.59. The summed E-state index contributed by atoms with van der Waals surface area (Å²) in [7, 11) is 0. The molecule has 1 fully saturated rings. The Morgan fingerprint density at radius 2 is 2.28 bits per heavy atom. The highest BCUT2D eigenvalue weighted by atomic mass is 79.9. The van der Waals surface area contributed by atoms with Crippen molar-refractivity contribution in [1.82, 2.24) is 5.32 Å². The molecule has 0 spiro atoms. The number of amides is 1. The fraction of sp³-hybridized carbons (Fsp3) is 0.538. The van der Waals surface area contributed by atoms with Crippen LogP contribution < -0.4 is 5.32 Å². The average molecular weight is 327 g/mol. The number of aryl methyl sites for hydroxylation is 1. The molecule has 3 nitrogen and oxygen atoms in total. The quantitative estimate of drug-likeness (QED) is 0.921. The zero-order valence-electron chi connectivity index (χ0n) is 10.0. The summed E-state index contributed by atoms with van der Waals surface area (Å²) < 4.78 is 1.06. The topological polar surface area (TPSA) is 52.9 Å². The molecule has 0 atom stereocenters. The molecule has 2 rings (SSSR count). The summed E-state index contributed by atoms with van der Waals surface area (Å²) in [6.45, 7) is 0. The molecule has 18 heavy (non-hydrogen) atoms. The number of carbonyl (C=O) groups excluding carboxylic acids is 1. The monoisotopic (exact) mass is 326 g/mol. The highest BCUT2D eigenvalue weighted by Gasteiger charge is 2.35. The van der Waals surface area contributed by atoms with E-state index in [9.17, 15) is 10.1 Å². The van der Waals surface area contributed by atoms with Gasteiger partial charge in [0.2, 0.25) is 5.91 Å². The van der Waals surface area contributed by atoms with Crippen molar-refractivity contribution in [2.24, 2.45) is 0 Å². The molecule has 1 heterocycles. The normalized spacial score (nSPS) is 17.3. The van der Waals surface area contributed by atoms with E-state index in [0.717, 1.165) is 36.6 Å². The van der Waals surface area contributed by atoms with Gasteiger partial charge in [-0.2, -0.15) is 5.26 Å². The first-order valence-corrected chi connectivity index (χ1v) is 7.76. The minimum absolute atomic E-state index is 0.0111. The minimum atomic E-state index is -0.590. The van der Waals surface area contributed by atoms with Gasteiger partial charge in [0.25, 0.3) is 0 Å². The highest BCUT2D eigenvalue weighted by Crippen LogP contribution is 2.29. The molecule has 96 valence electrons. The highest BCUT2D eigenvalue weighted by molar-refractivity contribution is 9.10. The van der Waals surface area contributed by atoms with Crippen molar-refractivity contribution in [1.29, 1.82) is 5.26 Å². The van der Waals surface area contributed by atoms with Crippen LogP contribution in [-0.2, 0) is 11.2 Å². The van der Waals surface area contributed by atoms with E-state index in [1.165, 1.54) is 4.88 Å². The van der Waals surface area contributed by atoms with Crippen LogP contribution in [0.4, 0.5) is 0 Å². The van der Waals surface area contributed by atoms with E-state index >= 15 is 0 Å². The van der Waals surface area contributed by atoms with Crippen molar-refractivity contribution < 1.29 is 4.79 Å². The van der Waals surface area contributed by atoms with Gasteiger partial charge in [-0.1, -0.05) is 0 Å². The van der Waals surface area contributed by atoms with Crippen molar-refractivity contribution in [3.05, 3.63) is 20.8 Å². The molecule has 1 aliphatic rings. The summed E-state index contributed by atoms with van der Waals surface area (Å²) >= 11 is 5.04. The lowest BCUT2D eigenvalue weighted by atomic mass is 9.99. The third kappa shape index (κ3) is 3.33. The maximum Gasteiger partial charge on any atom is 0.221 e. The second-order valence-electron chi connectivity index (χ2n) is 4.68. The van der Waals surface area contributed by atoms with E-state index in [1.807, 2.05) is 11.4 Å². The zero-order valence-corrected chi connectivity index (χ0v) is 12.4. The van der Waals surface area contributed by atoms with Gasteiger partial charge in [-0.15, -0.1) is 11.3 Å². The number of nitrogens with one attached hydrogen (secondary N) is 1. The molecule has 1 amide bonds. The largest absolute Gasteiger partial charge is 0.338 e. The molecule has 5 heteroatoms.